The van der Waals surface area contributed by atoms with Crippen LogP contribution in [-0.4, -0.2) is 64.9 Å². The molecule has 148 valence electrons. The molecule has 0 spiro atoms. The number of imidazole rings is 1. The van der Waals surface area contributed by atoms with Gasteiger partial charge in [0, 0.05) is 0 Å². The summed E-state index contributed by atoms with van der Waals surface area (Å²) in [4.78, 5) is 12.2. The van der Waals surface area contributed by atoms with Crippen LogP contribution in [0.4, 0.5) is 5.95 Å². The van der Waals surface area contributed by atoms with Crippen LogP contribution in [0.5, 0.6) is 0 Å². The Morgan fingerprint density at radius 3 is 2.85 bits per heavy atom. The summed E-state index contributed by atoms with van der Waals surface area (Å²) in [6.07, 6.45) is -0.729. The molecule has 2 aromatic rings. The third kappa shape index (κ3) is 3.48. The monoisotopic (exact) mass is 419 g/mol. The van der Waals surface area contributed by atoms with E-state index in [0.717, 1.165) is 6.26 Å². The quantitative estimate of drug-likeness (QED) is 0.550. The number of nitrogen functional groups attached to an aromatic ring is 1. The van der Waals surface area contributed by atoms with Crippen molar-refractivity contribution in [2.24, 2.45) is 0 Å². The van der Waals surface area contributed by atoms with Gasteiger partial charge in [-0.25, -0.2) is 4.98 Å². The zero-order valence-corrected chi connectivity index (χ0v) is 16.3. The van der Waals surface area contributed by atoms with Gasteiger partial charge in [0.1, 0.15) is 17.7 Å². The number of rotatable bonds is 3. The first-order valence-corrected chi connectivity index (χ1v) is 10.2. The second-order valence-corrected chi connectivity index (χ2v) is 8.78. The van der Waals surface area contributed by atoms with Crippen molar-refractivity contribution < 1.29 is 26.8 Å². The second kappa shape index (κ2) is 6.22. The van der Waals surface area contributed by atoms with E-state index in [9.17, 15) is 8.42 Å². The van der Waals surface area contributed by atoms with Gasteiger partial charge < -0.3 is 19.9 Å². The number of hydrogen-bond donors (Lipinski definition) is 1. The number of nitrogens with two attached hydrogens (primary N) is 1. The van der Waals surface area contributed by atoms with Crippen LogP contribution < -0.4 is 5.73 Å². The van der Waals surface area contributed by atoms with E-state index in [-0.39, 0.29) is 17.7 Å². The topological polar surface area (TPSA) is 141 Å². The molecule has 2 aromatic heterocycles. The molecule has 0 saturated carbocycles. The fraction of sp³-hybridized carbons (Fsp3) is 0.643. The van der Waals surface area contributed by atoms with Crippen LogP contribution in [0, 0.1) is 0 Å². The molecule has 0 amide bonds. The molecule has 27 heavy (non-hydrogen) atoms. The van der Waals surface area contributed by atoms with Crippen LogP contribution in [0.1, 0.15) is 20.1 Å². The van der Waals surface area contributed by atoms with Gasteiger partial charge in [0.05, 0.1) is 19.2 Å². The molecule has 11 nitrogen and oxygen atoms in total. The summed E-state index contributed by atoms with van der Waals surface area (Å²) in [5, 5.41) is 0.0768. The lowest BCUT2D eigenvalue weighted by atomic mass is 10.1. The van der Waals surface area contributed by atoms with E-state index in [0.29, 0.717) is 11.2 Å². The summed E-state index contributed by atoms with van der Waals surface area (Å²) in [6.45, 7) is 3.67. The maximum Gasteiger partial charge on any atom is 0.264 e. The van der Waals surface area contributed by atoms with E-state index in [2.05, 4.69) is 15.0 Å². The fourth-order valence-electron chi connectivity index (χ4n) is 3.24. The molecule has 0 aliphatic carbocycles. The Bertz CT molecular complexity index is 995. The number of nitrogens with zero attached hydrogens (tertiary/aromatic N) is 4. The Kier molecular flexibility index (Phi) is 4.33. The summed E-state index contributed by atoms with van der Waals surface area (Å²) in [5.41, 5.74) is 6.28. The van der Waals surface area contributed by atoms with Crippen molar-refractivity contribution in [2.75, 3.05) is 18.6 Å². The zero-order valence-electron chi connectivity index (χ0n) is 14.7. The van der Waals surface area contributed by atoms with Gasteiger partial charge in [0.2, 0.25) is 5.95 Å². The standard InChI is InChI=1S/C14H18ClN5O6S/c1-14(2)23-4-6-8(25-14)9(26-27(3,21)22)12(24-6)20-5-17-7-10(15)18-13(16)19-11(7)20/h5-6,8-9,12H,4H2,1-3H3,(H2,16,18,19)/t6-,8+,9+,12-/m1/s1. The lowest BCUT2D eigenvalue weighted by molar-refractivity contribution is -0.299. The summed E-state index contributed by atoms with van der Waals surface area (Å²) in [5.74, 6) is -0.961. The van der Waals surface area contributed by atoms with Crippen LogP contribution >= 0.6 is 11.6 Å². The highest BCUT2D eigenvalue weighted by Crippen LogP contribution is 2.41. The predicted molar refractivity (Wildman–Crippen MR) is 93.3 cm³/mol. The number of aromatic nitrogens is 4. The molecule has 2 N–H and O–H groups in total. The lowest BCUT2D eigenvalue weighted by Crippen LogP contribution is -2.50. The van der Waals surface area contributed by atoms with Crippen molar-refractivity contribution in [3.05, 3.63) is 11.5 Å². The first kappa shape index (κ1) is 18.8. The van der Waals surface area contributed by atoms with Gasteiger partial charge in [0.15, 0.2) is 28.9 Å². The van der Waals surface area contributed by atoms with E-state index < -0.39 is 40.4 Å². The Morgan fingerprint density at radius 1 is 1.41 bits per heavy atom. The van der Waals surface area contributed by atoms with Crippen molar-refractivity contribution in [3.63, 3.8) is 0 Å². The molecule has 4 rings (SSSR count). The van der Waals surface area contributed by atoms with Crippen molar-refractivity contribution >= 4 is 38.8 Å². The van der Waals surface area contributed by atoms with Gasteiger partial charge >= 0.3 is 0 Å². The molecule has 2 aliphatic rings. The SMILES string of the molecule is CC1(C)OC[C@H]2O[C@@H](n3cnc4c(Cl)nc(N)nc43)[C@@H](OS(C)(=O)=O)[C@H]2O1. The highest BCUT2D eigenvalue weighted by Gasteiger charge is 2.54. The molecule has 0 radical (unpaired) electrons. The van der Waals surface area contributed by atoms with Gasteiger partial charge in [-0.15, -0.1) is 0 Å². The Morgan fingerprint density at radius 2 is 2.15 bits per heavy atom. The third-order valence-electron chi connectivity index (χ3n) is 4.26. The molecule has 4 atom stereocenters. The number of hydrogen-bond acceptors (Lipinski definition) is 10. The molecular weight excluding hydrogens is 402 g/mol. The van der Waals surface area contributed by atoms with Crippen LogP contribution in [0.2, 0.25) is 5.15 Å². The molecule has 4 heterocycles. The average molecular weight is 420 g/mol. The lowest BCUT2D eigenvalue weighted by Gasteiger charge is -2.38. The minimum Gasteiger partial charge on any atom is -0.368 e. The van der Waals surface area contributed by atoms with E-state index in [4.69, 9.17) is 35.7 Å². The Hall–Kier alpha value is -1.57. The molecule has 0 unspecified atom stereocenters. The van der Waals surface area contributed by atoms with Gasteiger partial charge in [-0.1, -0.05) is 11.6 Å². The number of ether oxygens (including phenoxy) is 3. The summed E-state index contributed by atoms with van der Waals surface area (Å²) in [6, 6.07) is 0. The molecular formula is C14H18ClN5O6S. The van der Waals surface area contributed by atoms with Crippen LogP contribution in [0.25, 0.3) is 11.2 Å². The maximum atomic E-state index is 11.9. The van der Waals surface area contributed by atoms with Gasteiger partial charge in [-0.2, -0.15) is 18.4 Å². The Balaban J connectivity index is 1.79. The normalized spacial score (nSPS) is 30.5. The second-order valence-electron chi connectivity index (χ2n) is 6.82. The minimum absolute atomic E-state index is 0.0500. The van der Waals surface area contributed by atoms with E-state index in [1.54, 1.807) is 13.8 Å². The molecule has 13 heteroatoms. The largest absolute Gasteiger partial charge is 0.368 e. The maximum absolute atomic E-state index is 11.9. The van der Waals surface area contributed by atoms with Crippen LogP contribution in [0.15, 0.2) is 6.33 Å². The summed E-state index contributed by atoms with van der Waals surface area (Å²) >= 11 is 6.06. The highest BCUT2D eigenvalue weighted by atomic mass is 35.5. The van der Waals surface area contributed by atoms with Crippen molar-refractivity contribution in [1.29, 1.82) is 0 Å². The number of halogens is 1. The van der Waals surface area contributed by atoms with E-state index >= 15 is 0 Å². The first-order chi connectivity index (χ1) is 12.5. The Labute approximate surface area is 159 Å². The third-order valence-corrected chi connectivity index (χ3v) is 5.09. The van der Waals surface area contributed by atoms with E-state index in [1.807, 2.05) is 0 Å². The molecule has 2 saturated heterocycles. The number of anilines is 1. The average Bonchev–Trinajstić information content (AvgIpc) is 3.07. The van der Waals surface area contributed by atoms with Crippen molar-refractivity contribution in [1.82, 2.24) is 19.5 Å². The molecule has 0 bridgehead atoms. The summed E-state index contributed by atoms with van der Waals surface area (Å²) in [7, 11) is -3.81. The van der Waals surface area contributed by atoms with Gasteiger partial charge in [-0.3, -0.25) is 8.75 Å². The fourth-order valence-corrected chi connectivity index (χ4v) is 4.07. The number of fused-ring (bicyclic) bond motifs is 2. The first-order valence-electron chi connectivity index (χ1n) is 8.05. The van der Waals surface area contributed by atoms with Crippen molar-refractivity contribution in [2.45, 2.75) is 44.2 Å². The van der Waals surface area contributed by atoms with Crippen LogP contribution in [-0.2, 0) is 28.5 Å². The zero-order chi connectivity index (χ0) is 19.6. The van der Waals surface area contributed by atoms with Crippen LogP contribution in [0.3, 0.4) is 0 Å². The van der Waals surface area contributed by atoms with E-state index in [1.165, 1.54) is 10.9 Å². The molecule has 2 fully saturated rings. The smallest absolute Gasteiger partial charge is 0.264 e. The van der Waals surface area contributed by atoms with Gasteiger partial charge in [-0.05, 0) is 13.8 Å². The minimum atomic E-state index is -3.81. The van der Waals surface area contributed by atoms with Crippen molar-refractivity contribution in [3.8, 4) is 0 Å². The summed E-state index contributed by atoms with van der Waals surface area (Å²) < 4.78 is 48.0. The molecule has 0 aromatic carbocycles. The highest BCUT2D eigenvalue weighted by molar-refractivity contribution is 7.86. The van der Waals surface area contributed by atoms with Gasteiger partial charge in [0.25, 0.3) is 10.1 Å². The molecule has 2 aliphatic heterocycles. The predicted octanol–water partition coefficient (Wildman–Crippen LogP) is 0.456.